The Morgan fingerprint density at radius 2 is 1.62 bits per heavy atom. The minimum Gasteiger partial charge on any atom is -0.394 e. The lowest BCUT2D eigenvalue weighted by Gasteiger charge is -2.18. The number of aryl methyl sites for hydroxylation is 2. The second kappa shape index (κ2) is 9.64. The summed E-state index contributed by atoms with van der Waals surface area (Å²) in [7, 11) is -3.60. The van der Waals surface area contributed by atoms with Crippen molar-refractivity contribution in [3.05, 3.63) is 76.2 Å². The lowest BCUT2D eigenvalue weighted by atomic mass is 10.1. The molecular formula is C20H25NO4S. The number of hydrogen-bond acceptors (Lipinski definition) is 4. The van der Waals surface area contributed by atoms with Gasteiger partial charge in [0, 0.05) is 12.0 Å². The van der Waals surface area contributed by atoms with Gasteiger partial charge in [-0.25, -0.2) is 13.1 Å². The van der Waals surface area contributed by atoms with Crippen LogP contribution >= 0.6 is 0 Å². The fourth-order valence-corrected chi connectivity index (χ4v) is 3.15. The van der Waals surface area contributed by atoms with Crippen LogP contribution < -0.4 is 4.72 Å². The molecule has 0 aliphatic heterocycles. The maximum Gasteiger partial charge on any atom is 0.233 e. The van der Waals surface area contributed by atoms with E-state index in [0.29, 0.717) is 0 Å². The van der Waals surface area contributed by atoms with Crippen molar-refractivity contribution in [3.63, 3.8) is 0 Å². The van der Waals surface area contributed by atoms with E-state index in [1.807, 2.05) is 62.4 Å². The molecule has 0 fully saturated rings. The predicted molar refractivity (Wildman–Crippen MR) is 104 cm³/mol. The Labute approximate surface area is 155 Å². The molecule has 2 N–H and O–H groups in total. The highest BCUT2D eigenvalue weighted by Crippen LogP contribution is 2.18. The van der Waals surface area contributed by atoms with Crippen LogP contribution in [0.5, 0.6) is 0 Å². The van der Waals surface area contributed by atoms with Crippen LogP contribution in [0.3, 0.4) is 0 Å². The third kappa shape index (κ3) is 6.72. The summed E-state index contributed by atoms with van der Waals surface area (Å²) in [4.78, 5) is 0. The molecule has 1 atom stereocenters. The zero-order chi connectivity index (χ0) is 19.0. The second-order valence-corrected chi connectivity index (χ2v) is 7.75. The molecule has 2 aromatic carbocycles. The van der Waals surface area contributed by atoms with E-state index >= 15 is 0 Å². The molecule has 0 amide bonds. The molecule has 1 unspecified atom stereocenters. The molecular weight excluding hydrogens is 350 g/mol. The van der Waals surface area contributed by atoms with Crippen molar-refractivity contribution in [2.24, 2.45) is 0 Å². The van der Waals surface area contributed by atoms with E-state index in [9.17, 15) is 8.42 Å². The van der Waals surface area contributed by atoms with Crippen LogP contribution in [0.1, 0.15) is 28.4 Å². The minimum absolute atomic E-state index is 0.0869. The van der Waals surface area contributed by atoms with E-state index in [1.54, 1.807) is 6.08 Å². The first-order valence-electron chi connectivity index (χ1n) is 8.43. The first kappa shape index (κ1) is 20.3. The van der Waals surface area contributed by atoms with Gasteiger partial charge in [-0.1, -0.05) is 59.7 Å². The number of ether oxygens (including phenoxy) is 1. The van der Waals surface area contributed by atoms with Crippen molar-refractivity contribution in [3.8, 4) is 0 Å². The highest BCUT2D eigenvalue weighted by molar-refractivity contribution is 7.92. The molecule has 0 aliphatic rings. The Bertz CT molecular complexity index is 812. The molecule has 2 aromatic rings. The van der Waals surface area contributed by atoms with Gasteiger partial charge in [-0.05, 0) is 31.1 Å². The number of sulfonamides is 1. The van der Waals surface area contributed by atoms with E-state index in [-0.39, 0.29) is 19.8 Å². The molecule has 0 spiro atoms. The SMILES string of the molecule is Cc1ccc(/C=C/S(=O)(=O)NCC(OCCO)c2ccc(C)cc2)cc1. The van der Waals surface area contributed by atoms with Gasteiger partial charge in [0.2, 0.25) is 10.0 Å². The number of nitrogens with one attached hydrogen (secondary N) is 1. The van der Waals surface area contributed by atoms with E-state index in [4.69, 9.17) is 9.84 Å². The van der Waals surface area contributed by atoms with Gasteiger partial charge in [0.05, 0.1) is 19.3 Å². The maximum atomic E-state index is 12.2. The monoisotopic (exact) mass is 375 g/mol. The van der Waals surface area contributed by atoms with E-state index < -0.39 is 16.1 Å². The van der Waals surface area contributed by atoms with Crippen molar-refractivity contribution < 1.29 is 18.3 Å². The Hall–Kier alpha value is -1.99. The summed E-state index contributed by atoms with van der Waals surface area (Å²) in [5.41, 5.74) is 3.89. The molecule has 26 heavy (non-hydrogen) atoms. The highest BCUT2D eigenvalue weighted by atomic mass is 32.2. The van der Waals surface area contributed by atoms with E-state index in [1.165, 1.54) is 0 Å². The van der Waals surface area contributed by atoms with Gasteiger partial charge in [0.1, 0.15) is 0 Å². The second-order valence-electron chi connectivity index (χ2n) is 6.10. The Morgan fingerprint density at radius 3 is 2.19 bits per heavy atom. The number of aliphatic hydroxyl groups excluding tert-OH is 1. The summed E-state index contributed by atoms with van der Waals surface area (Å²) >= 11 is 0. The lowest BCUT2D eigenvalue weighted by molar-refractivity contribution is 0.0309. The topological polar surface area (TPSA) is 75.6 Å². The van der Waals surface area contributed by atoms with Crippen LogP contribution in [0.25, 0.3) is 6.08 Å². The van der Waals surface area contributed by atoms with Crippen LogP contribution in [0.2, 0.25) is 0 Å². The van der Waals surface area contributed by atoms with Gasteiger partial charge < -0.3 is 9.84 Å². The van der Waals surface area contributed by atoms with Crippen LogP contribution in [0, 0.1) is 13.8 Å². The van der Waals surface area contributed by atoms with E-state index in [2.05, 4.69) is 4.72 Å². The Morgan fingerprint density at radius 1 is 1.04 bits per heavy atom. The molecule has 0 saturated carbocycles. The van der Waals surface area contributed by atoms with Crippen LogP contribution in [-0.2, 0) is 14.8 Å². The molecule has 140 valence electrons. The molecule has 0 bridgehead atoms. The van der Waals surface area contributed by atoms with Gasteiger partial charge in [0.25, 0.3) is 0 Å². The first-order chi connectivity index (χ1) is 12.4. The summed E-state index contributed by atoms with van der Waals surface area (Å²) in [6, 6.07) is 15.3. The lowest BCUT2D eigenvalue weighted by Crippen LogP contribution is -2.28. The summed E-state index contributed by atoms with van der Waals surface area (Å²) in [5.74, 6) is 0. The van der Waals surface area contributed by atoms with Crippen molar-refractivity contribution in [2.45, 2.75) is 20.0 Å². The van der Waals surface area contributed by atoms with Gasteiger partial charge in [-0.15, -0.1) is 0 Å². The molecule has 5 nitrogen and oxygen atoms in total. The summed E-state index contributed by atoms with van der Waals surface area (Å²) < 4.78 is 32.6. The summed E-state index contributed by atoms with van der Waals surface area (Å²) in [5, 5.41) is 10.1. The van der Waals surface area contributed by atoms with E-state index in [0.717, 1.165) is 27.7 Å². The highest BCUT2D eigenvalue weighted by Gasteiger charge is 2.15. The zero-order valence-electron chi connectivity index (χ0n) is 15.1. The maximum absolute atomic E-state index is 12.2. The molecule has 0 saturated heterocycles. The number of hydrogen-bond donors (Lipinski definition) is 2. The van der Waals surface area contributed by atoms with Crippen molar-refractivity contribution in [1.82, 2.24) is 4.72 Å². The van der Waals surface area contributed by atoms with Crippen LogP contribution in [0.15, 0.2) is 53.9 Å². The largest absolute Gasteiger partial charge is 0.394 e. The fourth-order valence-electron chi connectivity index (χ4n) is 2.33. The number of benzene rings is 2. The molecule has 2 rings (SSSR count). The van der Waals surface area contributed by atoms with Gasteiger partial charge in [-0.2, -0.15) is 0 Å². The predicted octanol–water partition coefficient (Wildman–Crippen LogP) is 2.94. The van der Waals surface area contributed by atoms with Crippen molar-refractivity contribution in [1.29, 1.82) is 0 Å². The van der Waals surface area contributed by atoms with Crippen molar-refractivity contribution in [2.75, 3.05) is 19.8 Å². The number of rotatable bonds is 9. The average Bonchev–Trinajstić information content (AvgIpc) is 2.62. The molecule has 6 heteroatoms. The Kier molecular flexibility index (Phi) is 7.53. The third-order valence-electron chi connectivity index (χ3n) is 3.85. The van der Waals surface area contributed by atoms with Gasteiger partial charge in [0.15, 0.2) is 0 Å². The normalized spacial score (nSPS) is 13.2. The van der Waals surface area contributed by atoms with Crippen molar-refractivity contribution >= 4 is 16.1 Å². The molecule has 0 radical (unpaired) electrons. The zero-order valence-corrected chi connectivity index (χ0v) is 15.9. The van der Waals surface area contributed by atoms with Crippen LogP contribution in [0.4, 0.5) is 0 Å². The summed E-state index contributed by atoms with van der Waals surface area (Å²) in [6.45, 7) is 4.06. The number of aliphatic hydroxyl groups is 1. The van der Waals surface area contributed by atoms with Gasteiger partial charge >= 0.3 is 0 Å². The minimum atomic E-state index is -3.60. The third-order valence-corrected chi connectivity index (χ3v) is 4.91. The molecule has 0 aromatic heterocycles. The fraction of sp³-hybridized carbons (Fsp3) is 0.300. The molecule has 0 heterocycles. The Balaban J connectivity index is 2.03. The van der Waals surface area contributed by atoms with Crippen LogP contribution in [-0.4, -0.2) is 33.3 Å². The quantitative estimate of drug-likeness (QED) is 0.707. The first-order valence-corrected chi connectivity index (χ1v) is 9.98. The smallest absolute Gasteiger partial charge is 0.233 e. The average molecular weight is 375 g/mol. The van der Waals surface area contributed by atoms with Gasteiger partial charge in [-0.3, -0.25) is 0 Å². The standard InChI is InChI=1S/C20H25NO4S/c1-16-3-7-18(8-4-16)11-14-26(23,24)21-15-20(25-13-12-22)19-9-5-17(2)6-10-19/h3-11,14,20-22H,12-13,15H2,1-2H3/b14-11+. The summed E-state index contributed by atoms with van der Waals surface area (Å²) in [6.07, 6.45) is 1.09. The molecule has 0 aliphatic carbocycles.